The second-order valence-electron chi connectivity index (χ2n) is 9.48. The number of hydrogen-bond acceptors (Lipinski definition) is 3. The lowest BCUT2D eigenvalue weighted by Gasteiger charge is -2.44. The van der Waals surface area contributed by atoms with Gasteiger partial charge in [0, 0.05) is 23.8 Å². The number of amides is 1. The van der Waals surface area contributed by atoms with Gasteiger partial charge in [-0.05, 0) is 57.1 Å². The van der Waals surface area contributed by atoms with Gasteiger partial charge in [0.25, 0.3) is 5.91 Å². The normalized spacial score (nSPS) is 16.3. The molecular weight excluding hydrogens is 489 g/mol. The van der Waals surface area contributed by atoms with Crippen molar-refractivity contribution in [3.8, 4) is 11.1 Å². The first-order chi connectivity index (χ1) is 17.1. The molecule has 1 saturated carbocycles. The van der Waals surface area contributed by atoms with Crippen molar-refractivity contribution < 1.29 is 18.0 Å². The molecule has 1 aliphatic carbocycles. The fourth-order valence-corrected chi connectivity index (χ4v) is 5.52. The summed E-state index contributed by atoms with van der Waals surface area (Å²) in [6, 6.07) is 10.9. The Morgan fingerprint density at radius 1 is 1.14 bits per heavy atom. The average Bonchev–Trinajstić information content (AvgIpc) is 3.53. The van der Waals surface area contributed by atoms with Gasteiger partial charge in [0.1, 0.15) is 0 Å². The third kappa shape index (κ3) is 5.02. The van der Waals surface area contributed by atoms with Crippen LogP contribution in [-0.4, -0.2) is 40.2 Å². The third-order valence-corrected chi connectivity index (χ3v) is 7.66. The summed E-state index contributed by atoms with van der Waals surface area (Å²) in [4.78, 5) is 15.5. The minimum absolute atomic E-state index is 0.188. The number of halogens is 4. The van der Waals surface area contributed by atoms with E-state index in [4.69, 9.17) is 11.6 Å². The lowest BCUT2D eigenvalue weighted by Crippen LogP contribution is -2.53. The van der Waals surface area contributed by atoms with Crippen LogP contribution < -0.4 is 5.32 Å². The summed E-state index contributed by atoms with van der Waals surface area (Å²) in [5.74, 6) is -0.627. The van der Waals surface area contributed by atoms with Crippen molar-refractivity contribution in [2.75, 3.05) is 14.1 Å². The van der Waals surface area contributed by atoms with Crippen LogP contribution in [0, 0.1) is 0 Å². The smallest absolute Gasteiger partial charge is 0.343 e. The number of carbonyl (C=O) groups is 1. The second-order valence-corrected chi connectivity index (χ2v) is 9.86. The van der Waals surface area contributed by atoms with Gasteiger partial charge in [-0.2, -0.15) is 18.3 Å². The number of hydrogen-bond donors (Lipinski definition) is 1. The van der Waals surface area contributed by atoms with E-state index in [9.17, 15) is 18.0 Å². The van der Waals surface area contributed by atoms with Crippen molar-refractivity contribution in [1.29, 1.82) is 0 Å². The molecule has 3 aromatic rings. The fraction of sp³-hybridized carbons (Fsp3) is 0.407. The lowest BCUT2D eigenvalue weighted by atomic mass is 9.81. The van der Waals surface area contributed by atoms with E-state index < -0.39 is 28.7 Å². The molecule has 1 N–H and O–H groups in total. The molecule has 4 rings (SSSR count). The predicted octanol–water partition coefficient (Wildman–Crippen LogP) is 6.59. The highest BCUT2D eigenvalue weighted by Crippen LogP contribution is 2.44. The molecule has 0 spiro atoms. The van der Waals surface area contributed by atoms with Crippen LogP contribution in [0.2, 0.25) is 5.02 Å². The van der Waals surface area contributed by atoms with Crippen molar-refractivity contribution in [2.45, 2.75) is 56.9 Å². The van der Waals surface area contributed by atoms with E-state index in [1.54, 1.807) is 0 Å². The number of carbonyl (C=O) groups excluding carboxylic acids is 1. The van der Waals surface area contributed by atoms with Crippen LogP contribution in [-0.2, 0) is 12.7 Å². The van der Waals surface area contributed by atoms with E-state index >= 15 is 0 Å². The van der Waals surface area contributed by atoms with Gasteiger partial charge < -0.3 is 10.2 Å². The molecule has 9 heteroatoms. The van der Waals surface area contributed by atoms with Crippen molar-refractivity contribution >= 4 is 17.5 Å². The van der Waals surface area contributed by atoms with Gasteiger partial charge in [0.2, 0.25) is 0 Å². The van der Waals surface area contributed by atoms with Gasteiger partial charge in [0.15, 0.2) is 0 Å². The number of nitrogens with one attached hydrogen (secondary N) is 1. The summed E-state index contributed by atoms with van der Waals surface area (Å²) < 4.78 is 42.1. The monoisotopic (exact) mass is 518 g/mol. The minimum atomic E-state index is -4.65. The maximum Gasteiger partial charge on any atom is 0.417 e. The molecule has 0 aliphatic heterocycles. The van der Waals surface area contributed by atoms with Crippen LogP contribution in [0.3, 0.4) is 0 Å². The topological polar surface area (TPSA) is 50.2 Å². The molecule has 1 atom stereocenters. The first kappa shape index (κ1) is 26.2. The minimum Gasteiger partial charge on any atom is -0.343 e. The zero-order valence-electron chi connectivity index (χ0n) is 20.6. The van der Waals surface area contributed by atoms with Crippen molar-refractivity contribution in [2.24, 2.45) is 0 Å². The Hall–Kier alpha value is -2.84. The Balaban J connectivity index is 1.71. The molecule has 1 amide bonds. The maximum atomic E-state index is 13.4. The van der Waals surface area contributed by atoms with E-state index in [0.717, 1.165) is 55.0 Å². The van der Waals surface area contributed by atoms with Crippen LogP contribution in [0.25, 0.3) is 11.1 Å². The average molecular weight is 519 g/mol. The Bertz CT molecular complexity index is 1210. The molecule has 192 valence electrons. The number of likely N-dealkylation sites (N-methyl/N-ethyl adjacent to an activating group) is 1. The first-order valence-corrected chi connectivity index (χ1v) is 12.4. The van der Waals surface area contributed by atoms with E-state index in [-0.39, 0.29) is 11.1 Å². The number of aryl methyl sites for hydroxylation is 1. The molecule has 0 saturated heterocycles. The zero-order valence-corrected chi connectivity index (χ0v) is 21.3. The van der Waals surface area contributed by atoms with Gasteiger partial charge in [0.05, 0.1) is 28.4 Å². The summed E-state index contributed by atoms with van der Waals surface area (Å²) >= 11 is 6.08. The summed E-state index contributed by atoms with van der Waals surface area (Å²) in [6.07, 6.45) is 2.85. The molecule has 5 nitrogen and oxygen atoms in total. The Morgan fingerprint density at radius 2 is 1.81 bits per heavy atom. The number of aromatic nitrogens is 2. The lowest BCUT2D eigenvalue weighted by molar-refractivity contribution is -0.137. The molecule has 1 aromatic heterocycles. The summed E-state index contributed by atoms with van der Waals surface area (Å²) in [7, 11) is 3.96. The molecule has 1 fully saturated rings. The number of rotatable bonds is 7. The molecule has 0 unspecified atom stereocenters. The van der Waals surface area contributed by atoms with Crippen LogP contribution >= 0.6 is 11.6 Å². The molecular formula is C27H30ClF3N4O. The summed E-state index contributed by atoms with van der Waals surface area (Å²) in [6.45, 7) is 2.79. The van der Waals surface area contributed by atoms with Crippen LogP contribution in [0.4, 0.5) is 13.2 Å². The highest BCUT2D eigenvalue weighted by molar-refractivity contribution is 6.34. The van der Waals surface area contributed by atoms with Crippen molar-refractivity contribution in [1.82, 2.24) is 20.0 Å². The van der Waals surface area contributed by atoms with Crippen molar-refractivity contribution in [3.05, 3.63) is 76.6 Å². The highest BCUT2D eigenvalue weighted by atomic mass is 35.5. The van der Waals surface area contributed by atoms with Crippen LogP contribution in [0.5, 0.6) is 0 Å². The van der Waals surface area contributed by atoms with Gasteiger partial charge in [-0.3, -0.25) is 9.48 Å². The van der Waals surface area contributed by atoms with Crippen LogP contribution in [0.1, 0.15) is 60.1 Å². The second kappa shape index (κ2) is 10.3. The molecule has 1 heterocycles. The largest absolute Gasteiger partial charge is 0.417 e. The maximum absolute atomic E-state index is 13.4. The quantitative estimate of drug-likeness (QED) is 0.384. The highest BCUT2D eigenvalue weighted by Gasteiger charge is 2.45. The number of nitrogens with zero attached hydrogens (tertiary/aromatic N) is 3. The van der Waals surface area contributed by atoms with Gasteiger partial charge in [-0.25, -0.2) is 0 Å². The Morgan fingerprint density at radius 3 is 2.36 bits per heavy atom. The Labute approximate surface area is 214 Å². The van der Waals surface area contributed by atoms with Gasteiger partial charge in [-0.1, -0.05) is 54.8 Å². The van der Waals surface area contributed by atoms with E-state index in [2.05, 4.69) is 15.3 Å². The van der Waals surface area contributed by atoms with Crippen LogP contribution in [0.15, 0.2) is 54.9 Å². The third-order valence-electron chi connectivity index (χ3n) is 7.26. The Kier molecular flexibility index (Phi) is 7.48. The number of benzene rings is 2. The summed E-state index contributed by atoms with van der Waals surface area (Å²) in [5.41, 5.74) is 1.28. The predicted molar refractivity (Wildman–Crippen MR) is 135 cm³/mol. The van der Waals surface area contributed by atoms with Gasteiger partial charge in [-0.15, -0.1) is 0 Å². The molecule has 2 aromatic carbocycles. The van der Waals surface area contributed by atoms with Crippen molar-refractivity contribution in [3.63, 3.8) is 0 Å². The standard InChI is InChI=1S/C27H30ClF3N4O/c1-4-35-17-20(16-32-35)18-10-12-19(13-11-18)24(26(34(2)3)14-5-6-15-26)33-25(36)21-8-7-9-22(23(21)28)27(29,30)31/h7-13,16-17,24H,4-6,14-15H2,1-3H3,(H,33,36)/t24-/m1/s1. The molecule has 0 radical (unpaired) electrons. The molecule has 1 aliphatic rings. The first-order valence-electron chi connectivity index (χ1n) is 12.0. The SMILES string of the molecule is CCn1cc(-c2ccc([C@@H](NC(=O)c3cccc(C(F)(F)F)c3Cl)C3(N(C)C)CCCC3)cc2)cn1. The fourth-order valence-electron chi connectivity index (χ4n) is 5.20. The van der Waals surface area contributed by atoms with Gasteiger partial charge >= 0.3 is 6.18 Å². The molecule has 36 heavy (non-hydrogen) atoms. The van der Waals surface area contributed by atoms with E-state index in [0.29, 0.717) is 0 Å². The van der Waals surface area contributed by atoms with E-state index in [1.807, 2.05) is 62.4 Å². The molecule has 0 bridgehead atoms. The zero-order chi connectivity index (χ0) is 26.1. The number of alkyl halides is 3. The van der Waals surface area contributed by atoms with E-state index in [1.165, 1.54) is 12.1 Å². The summed E-state index contributed by atoms with van der Waals surface area (Å²) in [5, 5.41) is 6.80.